The maximum absolute atomic E-state index is 12.4. The number of fused-ring (bicyclic) bond motifs is 1. The first-order chi connectivity index (χ1) is 13.8. The lowest BCUT2D eigenvalue weighted by Gasteiger charge is -2.19. The molecule has 0 radical (unpaired) electrons. The molecule has 2 aliphatic heterocycles. The van der Waals surface area contributed by atoms with E-state index in [0.29, 0.717) is 24.8 Å². The Kier molecular flexibility index (Phi) is 5.18. The van der Waals surface area contributed by atoms with E-state index in [1.165, 1.54) is 0 Å². The van der Waals surface area contributed by atoms with Gasteiger partial charge in [0, 0.05) is 23.4 Å². The predicted molar refractivity (Wildman–Crippen MR) is 106 cm³/mol. The second-order valence-electron chi connectivity index (χ2n) is 8.46. The molecule has 3 N–H and O–H groups in total. The minimum atomic E-state index is -0.345. The van der Waals surface area contributed by atoms with Gasteiger partial charge in [-0.1, -0.05) is 20.8 Å². The SMILES string of the molecule is Cc1ncccc1O[C@H]1CO[C@H]2[C@@H]1OC[C@@H]2NC(=O)Nc1cc(C(C)(C)C)[nH]n1. The number of nitrogens with one attached hydrogen (secondary N) is 3. The van der Waals surface area contributed by atoms with Gasteiger partial charge in [0.2, 0.25) is 0 Å². The fourth-order valence-corrected chi connectivity index (χ4v) is 3.54. The third-order valence-corrected chi connectivity index (χ3v) is 5.19. The molecule has 4 heterocycles. The Morgan fingerprint density at radius 2 is 2.07 bits per heavy atom. The van der Waals surface area contributed by atoms with Crippen LogP contribution in [0.1, 0.15) is 32.2 Å². The highest BCUT2D eigenvalue weighted by molar-refractivity contribution is 5.88. The van der Waals surface area contributed by atoms with Crippen LogP contribution in [0.5, 0.6) is 5.75 Å². The molecule has 2 amide bonds. The topological polar surface area (TPSA) is 110 Å². The number of nitrogens with zero attached hydrogens (tertiary/aromatic N) is 2. The van der Waals surface area contributed by atoms with Gasteiger partial charge in [0.05, 0.1) is 24.9 Å². The van der Waals surface area contributed by atoms with E-state index in [4.69, 9.17) is 14.2 Å². The summed E-state index contributed by atoms with van der Waals surface area (Å²) >= 11 is 0. The summed E-state index contributed by atoms with van der Waals surface area (Å²) in [4.78, 5) is 16.6. The normalized spacial score (nSPS) is 26.2. The van der Waals surface area contributed by atoms with Gasteiger partial charge in [-0.05, 0) is 19.1 Å². The lowest BCUT2D eigenvalue weighted by molar-refractivity contribution is 0.0299. The summed E-state index contributed by atoms with van der Waals surface area (Å²) < 4.78 is 17.8. The fourth-order valence-electron chi connectivity index (χ4n) is 3.54. The van der Waals surface area contributed by atoms with Crippen molar-refractivity contribution < 1.29 is 19.0 Å². The van der Waals surface area contributed by atoms with Gasteiger partial charge in [-0.25, -0.2) is 4.79 Å². The molecule has 0 aromatic carbocycles. The zero-order chi connectivity index (χ0) is 20.6. The fraction of sp³-hybridized carbons (Fsp3) is 0.550. The molecule has 0 unspecified atom stereocenters. The highest BCUT2D eigenvalue weighted by atomic mass is 16.6. The molecule has 9 heteroatoms. The average Bonchev–Trinajstić information content (AvgIpc) is 3.35. The maximum Gasteiger partial charge on any atom is 0.320 e. The lowest BCUT2D eigenvalue weighted by Crippen LogP contribution is -2.46. The van der Waals surface area contributed by atoms with Crippen LogP contribution >= 0.6 is 0 Å². The molecule has 0 aliphatic carbocycles. The number of H-pyrrole nitrogens is 1. The largest absolute Gasteiger partial charge is 0.483 e. The first-order valence-corrected chi connectivity index (χ1v) is 9.76. The number of aryl methyl sites for hydroxylation is 1. The number of hydrogen-bond donors (Lipinski definition) is 3. The number of ether oxygens (including phenoxy) is 3. The number of rotatable bonds is 4. The van der Waals surface area contributed by atoms with Gasteiger partial charge in [0.25, 0.3) is 0 Å². The molecule has 2 fully saturated rings. The van der Waals surface area contributed by atoms with Gasteiger partial charge in [-0.2, -0.15) is 5.10 Å². The second kappa shape index (κ2) is 7.64. The quantitative estimate of drug-likeness (QED) is 0.724. The number of aromatic nitrogens is 3. The van der Waals surface area contributed by atoms with Crippen LogP contribution in [0, 0.1) is 6.92 Å². The first-order valence-electron chi connectivity index (χ1n) is 9.76. The summed E-state index contributed by atoms with van der Waals surface area (Å²) in [6.07, 6.45) is 0.994. The molecule has 0 saturated carbocycles. The number of urea groups is 1. The summed E-state index contributed by atoms with van der Waals surface area (Å²) in [5, 5.41) is 12.8. The number of aromatic amines is 1. The summed E-state index contributed by atoms with van der Waals surface area (Å²) in [6, 6.07) is 4.94. The summed E-state index contributed by atoms with van der Waals surface area (Å²) in [6.45, 7) is 8.88. The van der Waals surface area contributed by atoms with Crippen molar-refractivity contribution in [2.45, 2.75) is 57.5 Å². The van der Waals surface area contributed by atoms with Crippen LogP contribution in [0.4, 0.5) is 10.6 Å². The molecule has 9 nitrogen and oxygen atoms in total. The summed E-state index contributed by atoms with van der Waals surface area (Å²) in [5.74, 6) is 1.19. The third kappa shape index (κ3) is 4.20. The zero-order valence-electron chi connectivity index (χ0n) is 17.1. The van der Waals surface area contributed by atoms with E-state index < -0.39 is 0 Å². The number of hydrogen-bond acceptors (Lipinski definition) is 6. The maximum atomic E-state index is 12.4. The van der Waals surface area contributed by atoms with Crippen molar-refractivity contribution in [3.8, 4) is 5.75 Å². The number of carbonyl (C=O) groups is 1. The minimum Gasteiger partial charge on any atom is -0.483 e. The monoisotopic (exact) mass is 401 g/mol. The molecule has 2 aromatic heterocycles. The van der Waals surface area contributed by atoms with E-state index in [1.54, 1.807) is 6.20 Å². The lowest BCUT2D eigenvalue weighted by atomic mass is 9.92. The highest BCUT2D eigenvalue weighted by Gasteiger charge is 2.49. The van der Waals surface area contributed by atoms with Crippen molar-refractivity contribution in [1.29, 1.82) is 0 Å². The Morgan fingerprint density at radius 3 is 2.79 bits per heavy atom. The Morgan fingerprint density at radius 1 is 1.28 bits per heavy atom. The van der Waals surface area contributed by atoms with Crippen molar-refractivity contribution >= 4 is 11.8 Å². The molecule has 2 aliphatic rings. The molecular weight excluding hydrogens is 374 g/mol. The van der Waals surface area contributed by atoms with Gasteiger partial charge in [-0.15, -0.1) is 0 Å². The molecule has 2 saturated heterocycles. The number of anilines is 1. The molecule has 29 heavy (non-hydrogen) atoms. The van der Waals surface area contributed by atoms with Crippen LogP contribution in [0.3, 0.4) is 0 Å². The number of amides is 2. The smallest absolute Gasteiger partial charge is 0.320 e. The Balaban J connectivity index is 1.33. The van der Waals surface area contributed by atoms with Gasteiger partial charge in [-0.3, -0.25) is 15.4 Å². The van der Waals surface area contributed by atoms with Gasteiger partial charge >= 0.3 is 6.03 Å². The van der Waals surface area contributed by atoms with Gasteiger partial charge < -0.3 is 19.5 Å². The van der Waals surface area contributed by atoms with Crippen LogP contribution < -0.4 is 15.4 Å². The van der Waals surface area contributed by atoms with Crippen molar-refractivity contribution in [3.05, 3.63) is 35.8 Å². The Hall–Kier alpha value is -2.65. The van der Waals surface area contributed by atoms with Crippen LogP contribution in [-0.4, -0.2) is 58.8 Å². The second-order valence-corrected chi connectivity index (χ2v) is 8.46. The van der Waals surface area contributed by atoms with Crippen LogP contribution in [-0.2, 0) is 14.9 Å². The van der Waals surface area contributed by atoms with Crippen molar-refractivity contribution in [2.75, 3.05) is 18.5 Å². The minimum absolute atomic E-state index is 0.0742. The third-order valence-electron chi connectivity index (χ3n) is 5.19. The van der Waals surface area contributed by atoms with E-state index >= 15 is 0 Å². The zero-order valence-corrected chi connectivity index (χ0v) is 17.1. The molecule has 156 valence electrons. The van der Waals surface area contributed by atoms with E-state index in [1.807, 2.05) is 25.1 Å². The van der Waals surface area contributed by atoms with Crippen LogP contribution in [0.15, 0.2) is 24.4 Å². The average molecular weight is 401 g/mol. The van der Waals surface area contributed by atoms with Crippen LogP contribution in [0.25, 0.3) is 0 Å². The molecule has 4 atom stereocenters. The Labute approximate surface area is 169 Å². The first kappa shape index (κ1) is 19.7. The van der Waals surface area contributed by atoms with E-state index in [9.17, 15) is 4.79 Å². The highest BCUT2D eigenvalue weighted by Crippen LogP contribution is 2.30. The predicted octanol–water partition coefficient (Wildman–Crippen LogP) is 2.15. The van der Waals surface area contributed by atoms with Crippen LogP contribution in [0.2, 0.25) is 0 Å². The van der Waals surface area contributed by atoms with Gasteiger partial charge in [0.1, 0.15) is 18.0 Å². The van der Waals surface area contributed by atoms with E-state index in [2.05, 4.69) is 46.6 Å². The van der Waals surface area contributed by atoms with E-state index in [-0.39, 0.29) is 35.8 Å². The molecule has 0 spiro atoms. The van der Waals surface area contributed by atoms with Crippen molar-refractivity contribution in [3.63, 3.8) is 0 Å². The van der Waals surface area contributed by atoms with Gasteiger partial charge in [0.15, 0.2) is 11.9 Å². The molecule has 2 aromatic rings. The molecule has 0 bridgehead atoms. The standard InChI is InChI=1S/C20H27N5O4/c1-11-13(6-5-7-21-11)29-14-10-28-17-12(9-27-18(14)17)22-19(26)23-16-8-15(24-25-16)20(2,3)4/h5-8,12,14,17-18H,9-10H2,1-4H3,(H3,22,23,24,25,26)/t12-,14-,17+,18+/m0/s1. The number of carbonyl (C=O) groups excluding carboxylic acids is 1. The van der Waals surface area contributed by atoms with Crippen molar-refractivity contribution in [2.24, 2.45) is 0 Å². The molecular formula is C20H27N5O4. The van der Waals surface area contributed by atoms with Crippen molar-refractivity contribution in [1.82, 2.24) is 20.5 Å². The summed E-state index contributed by atoms with van der Waals surface area (Å²) in [5.41, 5.74) is 1.69. The summed E-state index contributed by atoms with van der Waals surface area (Å²) in [7, 11) is 0. The van der Waals surface area contributed by atoms with E-state index in [0.717, 1.165) is 11.4 Å². The number of pyridine rings is 1. The Bertz CT molecular complexity index is 878. The molecule has 4 rings (SSSR count).